The van der Waals surface area contributed by atoms with E-state index in [9.17, 15) is 0 Å². The molecule has 0 spiro atoms. The molecule has 0 unspecified atom stereocenters. The number of nitrogens with zero attached hydrogens (tertiary/aromatic N) is 2. The van der Waals surface area contributed by atoms with Crippen LogP contribution < -0.4 is 20.7 Å². The van der Waals surface area contributed by atoms with Gasteiger partial charge in [-0.15, -0.1) is 0 Å². The highest BCUT2D eigenvalue weighted by atomic mass is 28.3. The molecule has 0 fully saturated rings. The fourth-order valence-electron chi connectivity index (χ4n) is 10.4. The molecule has 0 aliphatic heterocycles. The lowest BCUT2D eigenvalue weighted by Crippen LogP contribution is -2.74. The molecule has 63 heavy (non-hydrogen) atoms. The molecule has 2 heterocycles. The van der Waals surface area contributed by atoms with Gasteiger partial charge in [0.05, 0.1) is 22.1 Å². The normalized spacial score (nSPS) is 11.8. The molecule has 10 aromatic carbocycles. The van der Waals surface area contributed by atoms with E-state index in [0.717, 1.165) is 11.4 Å². The van der Waals surface area contributed by atoms with E-state index in [4.69, 9.17) is 0 Å². The lowest BCUT2D eigenvalue weighted by molar-refractivity contribution is 1.16. The largest absolute Gasteiger partial charge is 0.309 e. The summed E-state index contributed by atoms with van der Waals surface area (Å²) in [5.74, 6) is 0. The first-order valence-electron chi connectivity index (χ1n) is 21.8. The highest BCUT2D eigenvalue weighted by Gasteiger charge is 2.43. The van der Waals surface area contributed by atoms with Gasteiger partial charge in [0, 0.05) is 38.5 Å². The maximum absolute atomic E-state index is 2.94. The van der Waals surface area contributed by atoms with Gasteiger partial charge in [0.2, 0.25) is 0 Å². The van der Waals surface area contributed by atoms with E-state index >= 15 is 0 Å². The molecule has 296 valence electrons. The zero-order chi connectivity index (χ0) is 41.7. The molecule has 2 nitrogen and oxygen atoms in total. The molecule has 0 saturated heterocycles. The van der Waals surface area contributed by atoms with Crippen molar-refractivity contribution in [3.63, 3.8) is 0 Å². The van der Waals surface area contributed by atoms with Crippen LogP contribution in [-0.4, -0.2) is 17.2 Å². The van der Waals surface area contributed by atoms with Crippen LogP contribution in [0.5, 0.6) is 0 Å². The van der Waals surface area contributed by atoms with Crippen LogP contribution in [0.25, 0.3) is 77.2 Å². The number of rotatable bonds is 8. The fraction of sp³-hybridized carbons (Fsp3) is 0. The summed E-state index contributed by atoms with van der Waals surface area (Å²) in [6, 6.07) is 94.3. The molecule has 3 heteroatoms. The minimum Gasteiger partial charge on any atom is -0.309 e. The summed E-state index contributed by atoms with van der Waals surface area (Å²) in [6.45, 7) is 0. The van der Waals surface area contributed by atoms with Gasteiger partial charge in [0.25, 0.3) is 0 Å². The monoisotopic (exact) mass is 818 g/mol. The Morgan fingerprint density at radius 3 is 1.44 bits per heavy atom. The van der Waals surface area contributed by atoms with Crippen molar-refractivity contribution in [2.24, 2.45) is 0 Å². The molecule has 0 bridgehead atoms. The number of fused-ring (bicyclic) bond motifs is 6. The topological polar surface area (TPSA) is 9.86 Å². The molecule has 0 amide bonds. The quantitative estimate of drug-likeness (QED) is 0.107. The van der Waals surface area contributed by atoms with Gasteiger partial charge >= 0.3 is 0 Å². The molecule has 0 aliphatic carbocycles. The van der Waals surface area contributed by atoms with Crippen LogP contribution in [0, 0.1) is 0 Å². The minimum atomic E-state index is -2.94. The molecular weight excluding hydrogens is 777 g/mol. The molecule has 0 aliphatic rings. The summed E-state index contributed by atoms with van der Waals surface area (Å²) >= 11 is 0. The highest BCUT2D eigenvalue weighted by molar-refractivity contribution is 7.20. The van der Waals surface area contributed by atoms with Crippen molar-refractivity contribution >= 4 is 72.4 Å². The molecule has 12 rings (SSSR count). The van der Waals surface area contributed by atoms with Crippen LogP contribution in [-0.2, 0) is 0 Å². The SMILES string of the molecule is c1ccc(-c2cccc(-n3c4ccccc4c4ccc(-n5c6cccc([Si](c7ccccc7)(c7ccccc7)c7ccccc7)c6c6cccc(-c7ccccc7)c65)cc43)c2)cc1. The third-order valence-corrected chi connectivity index (χ3v) is 17.9. The smallest absolute Gasteiger partial charge is 0.180 e. The van der Waals surface area contributed by atoms with E-state index in [2.05, 4.69) is 264 Å². The minimum absolute atomic E-state index is 1.12. The number of hydrogen-bond acceptors (Lipinski definition) is 0. The van der Waals surface area contributed by atoms with Crippen LogP contribution in [0.15, 0.2) is 255 Å². The molecule has 0 saturated carbocycles. The van der Waals surface area contributed by atoms with Gasteiger partial charge < -0.3 is 9.13 Å². The maximum Gasteiger partial charge on any atom is 0.180 e. The number of benzene rings is 10. The second kappa shape index (κ2) is 15.2. The van der Waals surface area contributed by atoms with E-state index in [-0.39, 0.29) is 0 Å². The van der Waals surface area contributed by atoms with Crippen molar-refractivity contribution in [2.45, 2.75) is 0 Å². The van der Waals surface area contributed by atoms with Crippen LogP contribution >= 0.6 is 0 Å². The van der Waals surface area contributed by atoms with E-state index in [1.165, 1.54) is 86.6 Å². The Morgan fingerprint density at radius 2 is 0.778 bits per heavy atom. The second-order valence-corrected chi connectivity index (χ2v) is 20.2. The molecular formula is C60H42N2Si. The zero-order valence-corrected chi connectivity index (χ0v) is 35.6. The van der Waals surface area contributed by atoms with Crippen molar-refractivity contribution < 1.29 is 0 Å². The number of para-hydroxylation sites is 2. The molecule has 12 aromatic rings. The van der Waals surface area contributed by atoms with Gasteiger partial charge in [0.15, 0.2) is 8.07 Å². The van der Waals surface area contributed by atoms with Gasteiger partial charge in [-0.3, -0.25) is 0 Å². The Hall–Kier alpha value is -7.98. The van der Waals surface area contributed by atoms with Gasteiger partial charge in [-0.2, -0.15) is 0 Å². The summed E-state index contributed by atoms with van der Waals surface area (Å²) in [6.07, 6.45) is 0. The third kappa shape index (κ3) is 5.85. The molecule has 0 radical (unpaired) electrons. The summed E-state index contributed by atoms with van der Waals surface area (Å²) < 4.78 is 5.01. The van der Waals surface area contributed by atoms with Gasteiger partial charge in [-0.25, -0.2) is 0 Å². The van der Waals surface area contributed by atoms with E-state index < -0.39 is 8.07 Å². The summed E-state index contributed by atoms with van der Waals surface area (Å²) in [5, 5.41) is 10.5. The Kier molecular flexibility index (Phi) is 8.87. The lowest BCUT2D eigenvalue weighted by atomic mass is 10.0. The Labute approximate surface area is 368 Å². The molecule has 0 atom stereocenters. The fourth-order valence-corrected chi connectivity index (χ4v) is 15.4. The molecule has 2 aromatic heterocycles. The number of aromatic nitrogens is 2. The molecule has 0 N–H and O–H groups in total. The van der Waals surface area contributed by atoms with Gasteiger partial charge in [-0.05, 0) is 73.8 Å². The third-order valence-electron chi connectivity index (χ3n) is 13.0. The predicted octanol–water partition coefficient (Wildman–Crippen LogP) is 12.6. The second-order valence-electron chi connectivity index (χ2n) is 16.4. The standard InChI is InChI=1S/C60H42N2Si/c1-6-21-43(22-7-1)45-25-18-26-46(41-45)61-55-36-17-16-33-52(55)53-40-39-47(42-57(53)61)62-56-37-20-38-58(59(56)54-35-19-34-51(60(54)62)44-23-8-2-9-24-44)63(48-27-10-3-11-28-48,49-29-12-4-13-30-49)50-31-14-5-15-32-50/h1-42H. The summed E-state index contributed by atoms with van der Waals surface area (Å²) in [7, 11) is -2.94. The Bertz CT molecular complexity index is 3500. The first kappa shape index (κ1) is 36.8. The van der Waals surface area contributed by atoms with Crippen LogP contribution in [0.1, 0.15) is 0 Å². The first-order chi connectivity index (χ1) is 31.3. The van der Waals surface area contributed by atoms with Crippen LogP contribution in [0.3, 0.4) is 0 Å². The summed E-state index contributed by atoms with van der Waals surface area (Å²) in [5.41, 5.74) is 11.8. The van der Waals surface area contributed by atoms with Crippen LogP contribution in [0.2, 0.25) is 0 Å². The maximum atomic E-state index is 2.55. The van der Waals surface area contributed by atoms with Crippen molar-refractivity contribution in [2.75, 3.05) is 0 Å². The summed E-state index contributed by atoms with van der Waals surface area (Å²) in [4.78, 5) is 0. The van der Waals surface area contributed by atoms with Crippen molar-refractivity contribution in [3.8, 4) is 33.6 Å². The van der Waals surface area contributed by atoms with Crippen molar-refractivity contribution in [1.82, 2.24) is 9.13 Å². The first-order valence-corrected chi connectivity index (χ1v) is 23.8. The van der Waals surface area contributed by atoms with Gasteiger partial charge in [-0.1, -0.05) is 218 Å². The van der Waals surface area contributed by atoms with E-state index in [1.54, 1.807) is 0 Å². The number of hydrogen-bond donors (Lipinski definition) is 0. The van der Waals surface area contributed by atoms with Crippen molar-refractivity contribution in [3.05, 3.63) is 255 Å². The zero-order valence-electron chi connectivity index (χ0n) is 34.6. The highest BCUT2D eigenvalue weighted by Crippen LogP contribution is 2.40. The Morgan fingerprint density at radius 1 is 0.286 bits per heavy atom. The predicted molar refractivity (Wildman–Crippen MR) is 270 cm³/mol. The lowest BCUT2D eigenvalue weighted by Gasteiger charge is -2.35. The van der Waals surface area contributed by atoms with Crippen molar-refractivity contribution in [1.29, 1.82) is 0 Å². The van der Waals surface area contributed by atoms with E-state index in [0.29, 0.717) is 0 Å². The van der Waals surface area contributed by atoms with Gasteiger partial charge in [0.1, 0.15) is 0 Å². The van der Waals surface area contributed by atoms with Crippen LogP contribution in [0.4, 0.5) is 0 Å². The Balaban J connectivity index is 1.21. The average Bonchev–Trinajstić information content (AvgIpc) is 3.89. The average molecular weight is 819 g/mol. The van der Waals surface area contributed by atoms with E-state index in [1.807, 2.05) is 0 Å².